The lowest BCUT2D eigenvalue weighted by atomic mass is 10.0. The van der Waals surface area contributed by atoms with Gasteiger partial charge in [-0.05, 0) is 20.1 Å². The van der Waals surface area contributed by atoms with Crippen molar-refractivity contribution in [2.45, 2.75) is 19.4 Å². The van der Waals surface area contributed by atoms with Gasteiger partial charge in [0.25, 0.3) is 0 Å². The number of nitrogens with one attached hydrogen (secondary N) is 1. The minimum Gasteiger partial charge on any atom is -0.309 e. The molecule has 0 radical (unpaired) electrons. The fourth-order valence-electron chi connectivity index (χ4n) is 1.54. The number of hydrogen-bond donors (Lipinski definition) is 1. The summed E-state index contributed by atoms with van der Waals surface area (Å²) in [7, 11) is 0. The lowest BCUT2D eigenvalue weighted by Gasteiger charge is -2.38. The molecular weight excluding hydrogens is 156 g/mol. The van der Waals surface area contributed by atoms with Crippen molar-refractivity contribution in [3.8, 4) is 0 Å². The molecule has 1 aliphatic rings. The number of hydrogen-bond acceptors (Lipinski definition) is 3. The van der Waals surface area contributed by atoms with Crippen LogP contribution in [0, 0.1) is 0 Å². The number of piperazine rings is 1. The van der Waals surface area contributed by atoms with Gasteiger partial charge in [0.1, 0.15) is 0 Å². The summed E-state index contributed by atoms with van der Waals surface area (Å²) in [6.45, 7) is 8.03. The van der Waals surface area contributed by atoms with E-state index in [1.165, 1.54) is 19.0 Å². The number of nitrogens with zero attached hydrogens (tertiary/aromatic N) is 1. The highest BCUT2D eigenvalue weighted by molar-refractivity contribution is 7.98. The van der Waals surface area contributed by atoms with Crippen LogP contribution in [0.15, 0.2) is 0 Å². The molecule has 1 heterocycles. The van der Waals surface area contributed by atoms with Crippen LogP contribution < -0.4 is 5.32 Å². The van der Waals surface area contributed by atoms with Gasteiger partial charge in [-0.1, -0.05) is 0 Å². The van der Waals surface area contributed by atoms with Crippen LogP contribution in [0.2, 0.25) is 0 Å². The van der Waals surface area contributed by atoms with Gasteiger partial charge in [-0.3, -0.25) is 4.90 Å². The van der Waals surface area contributed by atoms with Crippen molar-refractivity contribution in [2.75, 3.05) is 31.8 Å². The van der Waals surface area contributed by atoms with Gasteiger partial charge >= 0.3 is 0 Å². The van der Waals surface area contributed by atoms with Crippen LogP contribution in [0.1, 0.15) is 13.8 Å². The lowest BCUT2D eigenvalue weighted by Crippen LogP contribution is -2.56. The van der Waals surface area contributed by atoms with Gasteiger partial charge < -0.3 is 5.32 Å². The molecule has 0 aromatic rings. The molecule has 0 unspecified atom stereocenters. The lowest BCUT2D eigenvalue weighted by molar-refractivity contribution is 0.178. The Morgan fingerprint density at radius 2 is 2.27 bits per heavy atom. The van der Waals surface area contributed by atoms with E-state index < -0.39 is 0 Å². The predicted molar refractivity (Wildman–Crippen MR) is 52.0 cm³/mol. The summed E-state index contributed by atoms with van der Waals surface area (Å²) in [5.41, 5.74) is 0.313. The van der Waals surface area contributed by atoms with E-state index in [4.69, 9.17) is 0 Å². The Hall–Kier alpha value is 0.270. The van der Waals surface area contributed by atoms with Crippen molar-refractivity contribution in [3.05, 3.63) is 0 Å². The van der Waals surface area contributed by atoms with Gasteiger partial charge in [0.15, 0.2) is 0 Å². The normalized spacial score (nSPS) is 25.4. The standard InChI is InChI=1S/C8H18N2S/c1-8(2)6-10(7-11-3)5-4-9-8/h9H,4-7H2,1-3H3. The Kier molecular flexibility index (Phi) is 3.22. The molecule has 66 valence electrons. The largest absolute Gasteiger partial charge is 0.309 e. The maximum atomic E-state index is 3.50. The van der Waals surface area contributed by atoms with E-state index in [0.717, 1.165) is 6.54 Å². The van der Waals surface area contributed by atoms with Gasteiger partial charge in [-0.15, -0.1) is 11.8 Å². The van der Waals surface area contributed by atoms with E-state index in [1.54, 1.807) is 0 Å². The van der Waals surface area contributed by atoms with E-state index in [-0.39, 0.29) is 0 Å². The Morgan fingerprint density at radius 3 is 2.82 bits per heavy atom. The molecule has 3 heteroatoms. The maximum absolute atomic E-state index is 3.50. The van der Waals surface area contributed by atoms with Crippen LogP contribution in [0.5, 0.6) is 0 Å². The summed E-state index contributed by atoms with van der Waals surface area (Å²) in [5.74, 6) is 1.17. The van der Waals surface area contributed by atoms with Crippen LogP contribution in [0.3, 0.4) is 0 Å². The monoisotopic (exact) mass is 174 g/mol. The summed E-state index contributed by atoms with van der Waals surface area (Å²) in [4.78, 5) is 2.50. The third-order valence-electron chi connectivity index (χ3n) is 1.96. The molecule has 0 bridgehead atoms. The minimum atomic E-state index is 0.313. The zero-order valence-corrected chi connectivity index (χ0v) is 8.50. The average molecular weight is 174 g/mol. The zero-order valence-electron chi connectivity index (χ0n) is 7.68. The van der Waals surface area contributed by atoms with Crippen molar-refractivity contribution in [3.63, 3.8) is 0 Å². The fourth-order valence-corrected chi connectivity index (χ4v) is 2.12. The molecule has 0 spiro atoms. The molecule has 0 saturated carbocycles. The molecule has 1 fully saturated rings. The second-order valence-electron chi connectivity index (χ2n) is 3.78. The smallest absolute Gasteiger partial charge is 0.0442 e. The Morgan fingerprint density at radius 1 is 1.55 bits per heavy atom. The molecule has 0 aliphatic carbocycles. The van der Waals surface area contributed by atoms with E-state index in [9.17, 15) is 0 Å². The molecule has 11 heavy (non-hydrogen) atoms. The molecule has 1 aliphatic heterocycles. The van der Waals surface area contributed by atoms with E-state index >= 15 is 0 Å². The molecule has 1 N–H and O–H groups in total. The average Bonchev–Trinajstić information content (AvgIpc) is 1.85. The first-order chi connectivity index (χ1) is 5.14. The summed E-state index contributed by atoms with van der Waals surface area (Å²) in [5, 5.41) is 3.50. The minimum absolute atomic E-state index is 0.313. The number of rotatable bonds is 2. The van der Waals surface area contributed by atoms with Crippen molar-refractivity contribution < 1.29 is 0 Å². The molecule has 1 saturated heterocycles. The second kappa shape index (κ2) is 3.78. The van der Waals surface area contributed by atoms with Crippen molar-refractivity contribution in [2.24, 2.45) is 0 Å². The summed E-state index contributed by atoms with van der Waals surface area (Å²) in [6.07, 6.45) is 2.16. The highest BCUT2D eigenvalue weighted by Crippen LogP contribution is 2.11. The molecule has 0 aromatic heterocycles. The van der Waals surface area contributed by atoms with Gasteiger partial charge in [-0.2, -0.15) is 0 Å². The highest BCUT2D eigenvalue weighted by Gasteiger charge is 2.24. The van der Waals surface area contributed by atoms with E-state index in [2.05, 4.69) is 30.3 Å². The Balaban J connectivity index is 2.34. The summed E-state index contributed by atoms with van der Waals surface area (Å²) in [6, 6.07) is 0. The molecule has 1 rings (SSSR count). The van der Waals surface area contributed by atoms with Crippen LogP contribution in [-0.4, -0.2) is 42.2 Å². The molecule has 0 atom stereocenters. The van der Waals surface area contributed by atoms with E-state index in [1.807, 2.05) is 11.8 Å². The van der Waals surface area contributed by atoms with Crippen molar-refractivity contribution in [1.82, 2.24) is 10.2 Å². The summed E-state index contributed by atoms with van der Waals surface area (Å²) < 4.78 is 0. The van der Waals surface area contributed by atoms with Gasteiger partial charge in [-0.25, -0.2) is 0 Å². The molecular formula is C8H18N2S. The third kappa shape index (κ3) is 3.01. The Labute approximate surface area is 73.7 Å². The van der Waals surface area contributed by atoms with Gasteiger partial charge in [0.05, 0.1) is 0 Å². The van der Waals surface area contributed by atoms with Crippen LogP contribution in [0.4, 0.5) is 0 Å². The predicted octanol–water partition coefficient (Wildman–Crippen LogP) is 0.991. The highest BCUT2D eigenvalue weighted by atomic mass is 32.2. The zero-order chi connectivity index (χ0) is 8.32. The van der Waals surface area contributed by atoms with Gasteiger partial charge in [0, 0.05) is 31.0 Å². The summed E-state index contributed by atoms with van der Waals surface area (Å²) >= 11 is 1.91. The first-order valence-corrected chi connectivity index (χ1v) is 5.50. The van der Waals surface area contributed by atoms with Crippen molar-refractivity contribution >= 4 is 11.8 Å². The SMILES string of the molecule is CSCN1CCNC(C)(C)C1. The maximum Gasteiger partial charge on any atom is 0.0442 e. The second-order valence-corrected chi connectivity index (χ2v) is 4.62. The van der Waals surface area contributed by atoms with Gasteiger partial charge in [0.2, 0.25) is 0 Å². The fraction of sp³-hybridized carbons (Fsp3) is 1.00. The third-order valence-corrected chi connectivity index (χ3v) is 2.59. The number of thioether (sulfide) groups is 1. The molecule has 0 amide bonds. The first kappa shape index (κ1) is 9.36. The van der Waals surface area contributed by atoms with Crippen LogP contribution in [-0.2, 0) is 0 Å². The first-order valence-electron chi connectivity index (χ1n) is 4.10. The molecule has 0 aromatic carbocycles. The quantitative estimate of drug-likeness (QED) is 0.672. The Bertz CT molecular complexity index is 123. The van der Waals surface area contributed by atoms with Crippen molar-refractivity contribution in [1.29, 1.82) is 0 Å². The van der Waals surface area contributed by atoms with E-state index in [0.29, 0.717) is 5.54 Å². The topological polar surface area (TPSA) is 15.3 Å². The molecule has 2 nitrogen and oxygen atoms in total. The van der Waals surface area contributed by atoms with Crippen LogP contribution in [0.25, 0.3) is 0 Å². The van der Waals surface area contributed by atoms with Crippen LogP contribution >= 0.6 is 11.8 Å².